The number of benzene rings is 1. The molecule has 3 aliphatic carbocycles. The highest BCUT2D eigenvalue weighted by Crippen LogP contribution is 2.45. The summed E-state index contributed by atoms with van der Waals surface area (Å²) in [5, 5.41) is 0. The van der Waals surface area contributed by atoms with Gasteiger partial charge in [-0.2, -0.15) is 0 Å². The first-order valence-corrected chi connectivity index (χ1v) is 11.3. The van der Waals surface area contributed by atoms with Crippen molar-refractivity contribution in [2.24, 2.45) is 11.8 Å². The Kier molecular flexibility index (Phi) is 6.07. The molecular formula is C26H37. The summed E-state index contributed by atoms with van der Waals surface area (Å²) in [4.78, 5) is 0. The average Bonchev–Trinajstić information content (AvgIpc) is 2.70. The highest BCUT2D eigenvalue weighted by Gasteiger charge is 2.31. The summed E-state index contributed by atoms with van der Waals surface area (Å²) in [5.74, 6) is 8.04. The van der Waals surface area contributed by atoms with E-state index in [0.29, 0.717) is 0 Å². The van der Waals surface area contributed by atoms with Crippen LogP contribution in [0, 0.1) is 29.6 Å². The van der Waals surface area contributed by atoms with Crippen molar-refractivity contribution in [3.63, 3.8) is 0 Å². The fraction of sp³-hybridized carbons (Fsp3) is 0.654. The average molecular weight is 350 g/mol. The van der Waals surface area contributed by atoms with Gasteiger partial charge in [0.1, 0.15) is 0 Å². The Bertz CT molecular complexity index is 532. The Labute approximate surface area is 162 Å². The summed E-state index contributed by atoms with van der Waals surface area (Å²) >= 11 is 0. The van der Waals surface area contributed by atoms with Gasteiger partial charge in [0.15, 0.2) is 0 Å². The summed E-state index contributed by atoms with van der Waals surface area (Å²) in [6, 6.07) is 9.77. The van der Waals surface area contributed by atoms with E-state index in [2.05, 4.69) is 38.1 Å². The topological polar surface area (TPSA) is 0 Å². The zero-order valence-corrected chi connectivity index (χ0v) is 17.0. The molecule has 4 rings (SSSR count). The van der Waals surface area contributed by atoms with Crippen molar-refractivity contribution in [1.82, 2.24) is 0 Å². The van der Waals surface area contributed by atoms with Crippen molar-refractivity contribution in [2.45, 2.75) is 96.8 Å². The third kappa shape index (κ3) is 4.37. The van der Waals surface area contributed by atoms with Gasteiger partial charge in [-0.1, -0.05) is 38.1 Å². The van der Waals surface area contributed by atoms with Crippen LogP contribution in [0.3, 0.4) is 0 Å². The highest BCUT2D eigenvalue weighted by atomic mass is 14.4. The van der Waals surface area contributed by atoms with Crippen LogP contribution in [0.5, 0.6) is 0 Å². The minimum atomic E-state index is 0.807. The molecule has 0 spiro atoms. The lowest BCUT2D eigenvalue weighted by Crippen LogP contribution is -2.22. The van der Waals surface area contributed by atoms with Crippen LogP contribution >= 0.6 is 0 Å². The Morgan fingerprint density at radius 3 is 1.85 bits per heavy atom. The van der Waals surface area contributed by atoms with E-state index in [1.165, 1.54) is 82.6 Å². The normalized spacial score (nSPS) is 26.4. The first-order valence-electron chi connectivity index (χ1n) is 11.3. The highest BCUT2D eigenvalue weighted by molar-refractivity contribution is 5.35. The summed E-state index contributed by atoms with van der Waals surface area (Å²) in [6.45, 7) is 4.76. The summed E-state index contributed by atoms with van der Waals surface area (Å²) in [6.07, 6.45) is 16.6. The van der Waals surface area contributed by atoms with Gasteiger partial charge >= 0.3 is 0 Å². The van der Waals surface area contributed by atoms with Crippen molar-refractivity contribution in [1.29, 1.82) is 0 Å². The number of hydrogen-bond acceptors (Lipinski definition) is 0. The number of rotatable bonds is 3. The first kappa shape index (κ1) is 18.6. The van der Waals surface area contributed by atoms with Crippen LogP contribution in [-0.2, 0) is 0 Å². The molecule has 0 heteroatoms. The molecule has 26 heavy (non-hydrogen) atoms. The van der Waals surface area contributed by atoms with E-state index in [1.807, 2.05) is 5.92 Å². The molecule has 3 aliphatic rings. The van der Waals surface area contributed by atoms with E-state index >= 15 is 0 Å². The molecule has 1 aromatic rings. The molecule has 1 aromatic carbocycles. The molecule has 3 fully saturated rings. The second kappa shape index (κ2) is 8.49. The first-order chi connectivity index (χ1) is 12.7. The van der Waals surface area contributed by atoms with Crippen molar-refractivity contribution in [2.75, 3.05) is 0 Å². The Balaban J connectivity index is 1.29. The second-order valence-electron chi connectivity index (χ2n) is 9.57. The van der Waals surface area contributed by atoms with Gasteiger partial charge < -0.3 is 0 Å². The largest absolute Gasteiger partial charge is 0.0625 e. The molecular weight excluding hydrogens is 312 g/mol. The molecule has 0 unspecified atom stereocenters. The minimum absolute atomic E-state index is 0.807. The van der Waals surface area contributed by atoms with Crippen LogP contribution in [0.4, 0.5) is 0 Å². The molecule has 0 atom stereocenters. The van der Waals surface area contributed by atoms with Gasteiger partial charge in [-0.25, -0.2) is 0 Å². The van der Waals surface area contributed by atoms with Crippen LogP contribution < -0.4 is 0 Å². The monoisotopic (exact) mass is 349 g/mol. The smallest absolute Gasteiger partial charge is 0.00500 e. The Hall–Kier alpha value is -0.780. The molecule has 0 amide bonds. The lowest BCUT2D eigenvalue weighted by atomic mass is 9.68. The van der Waals surface area contributed by atoms with Crippen LogP contribution in [0.25, 0.3) is 0 Å². The van der Waals surface area contributed by atoms with Gasteiger partial charge in [-0.05, 0) is 118 Å². The van der Waals surface area contributed by atoms with E-state index in [-0.39, 0.29) is 0 Å². The predicted octanol–water partition coefficient (Wildman–Crippen LogP) is 7.84. The zero-order chi connectivity index (χ0) is 17.9. The van der Waals surface area contributed by atoms with Crippen LogP contribution in [-0.4, -0.2) is 0 Å². The Morgan fingerprint density at radius 1 is 0.654 bits per heavy atom. The third-order valence-corrected chi connectivity index (χ3v) is 7.71. The zero-order valence-electron chi connectivity index (χ0n) is 17.0. The lowest BCUT2D eigenvalue weighted by Gasteiger charge is -2.37. The molecule has 0 aromatic heterocycles. The molecule has 0 saturated heterocycles. The summed E-state index contributed by atoms with van der Waals surface area (Å²) in [7, 11) is 0. The fourth-order valence-electron chi connectivity index (χ4n) is 5.64. The third-order valence-electron chi connectivity index (χ3n) is 7.71. The fourth-order valence-corrected chi connectivity index (χ4v) is 5.64. The molecule has 0 aliphatic heterocycles. The van der Waals surface area contributed by atoms with Gasteiger partial charge in [0, 0.05) is 5.92 Å². The summed E-state index contributed by atoms with van der Waals surface area (Å²) < 4.78 is 0. The van der Waals surface area contributed by atoms with E-state index in [0.717, 1.165) is 17.8 Å². The molecule has 141 valence electrons. The van der Waals surface area contributed by atoms with E-state index in [1.54, 1.807) is 17.4 Å². The quantitative estimate of drug-likeness (QED) is 0.521. The van der Waals surface area contributed by atoms with Gasteiger partial charge in [0.2, 0.25) is 0 Å². The van der Waals surface area contributed by atoms with Gasteiger partial charge in [0.05, 0.1) is 0 Å². The predicted molar refractivity (Wildman–Crippen MR) is 112 cm³/mol. The second-order valence-corrected chi connectivity index (χ2v) is 9.57. The molecule has 3 radical (unpaired) electrons. The molecule has 3 saturated carbocycles. The standard InChI is InChI=1S/C26H37/c1-19-3-7-21(8-4-19)23-11-15-25(16-12-23)26-17-13-24(14-18-26)22-9-5-20(2)6-10-22/h11-12,15-16,19,22,26H,3-10,13-14,17-18H2,1-2H3. The maximum atomic E-state index is 2.45. The Morgan fingerprint density at radius 2 is 1.23 bits per heavy atom. The van der Waals surface area contributed by atoms with Crippen LogP contribution in [0.1, 0.15) is 108 Å². The molecule has 0 N–H and O–H groups in total. The van der Waals surface area contributed by atoms with Crippen molar-refractivity contribution in [3.05, 3.63) is 53.1 Å². The van der Waals surface area contributed by atoms with Crippen molar-refractivity contribution >= 4 is 0 Å². The maximum absolute atomic E-state index is 2.45. The van der Waals surface area contributed by atoms with Gasteiger partial charge in [-0.15, -0.1) is 0 Å². The number of hydrogen-bond donors (Lipinski definition) is 0. The summed E-state index contributed by atoms with van der Waals surface area (Å²) in [5.41, 5.74) is 3.13. The maximum Gasteiger partial charge on any atom is 0.00500 e. The molecule has 0 bridgehead atoms. The molecule has 0 heterocycles. The SMILES string of the molecule is C[C]1CCC([C]2CCC(c3ccc([C]4CCC(C)CC4)cc3)CC2)CC1. The van der Waals surface area contributed by atoms with E-state index in [4.69, 9.17) is 0 Å². The van der Waals surface area contributed by atoms with E-state index in [9.17, 15) is 0 Å². The lowest BCUT2D eigenvalue weighted by molar-refractivity contribution is 0.324. The minimum Gasteiger partial charge on any atom is -0.0625 e. The van der Waals surface area contributed by atoms with Gasteiger partial charge in [0.25, 0.3) is 0 Å². The van der Waals surface area contributed by atoms with Crippen molar-refractivity contribution in [3.8, 4) is 0 Å². The van der Waals surface area contributed by atoms with Crippen LogP contribution in [0.2, 0.25) is 0 Å². The molecule has 0 nitrogen and oxygen atoms in total. The van der Waals surface area contributed by atoms with E-state index < -0.39 is 0 Å². The van der Waals surface area contributed by atoms with Gasteiger partial charge in [-0.3, -0.25) is 0 Å². The van der Waals surface area contributed by atoms with Crippen molar-refractivity contribution < 1.29 is 0 Å². The van der Waals surface area contributed by atoms with Crippen LogP contribution in [0.15, 0.2) is 24.3 Å².